The third-order valence-electron chi connectivity index (χ3n) is 5.10. The van der Waals surface area contributed by atoms with Gasteiger partial charge in [-0.2, -0.15) is 0 Å². The second kappa shape index (κ2) is 8.48. The summed E-state index contributed by atoms with van der Waals surface area (Å²) in [7, 11) is 0. The van der Waals surface area contributed by atoms with Crippen molar-refractivity contribution in [2.24, 2.45) is 5.92 Å². The van der Waals surface area contributed by atoms with Gasteiger partial charge in [0.25, 0.3) is 5.91 Å². The van der Waals surface area contributed by atoms with Crippen LogP contribution in [-0.2, 0) is 9.53 Å². The molecule has 2 atom stereocenters. The minimum Gasteiger partial charge on any atom is -0.481 e. The first-order valence-electron chi connectivity index (χ1n) is 9.55. The number of nitrogens with zero attached hydrogens (tertiary/aromatic N) is 1. The van der Waals surface area contributed by atoms with E-state index in [0.717, 1.165) is 18.4 Å². The number of carbonyl (C=O) groups is 1. The minimum absolute atomic E-state index is 0.118. The van der Waals surface area contributed by atoms with Crippen LogP contribution in [0.3, 0.4) is 0 Å². The van der Waals surface area contributed by atoms with Crippen LogP contribution in [-0.4, -0.2) is 37.0 Å². The van der Waals surface area contributed by atoms with Gasteiger partial charge in [-0.05, 0) is 49.4 Å². The fourth-order valence-electron chi connectivity index (χ4n) is 3.56. The molecule has 1 amide bonds. The lowest BCUT2D eigenvalue weighted by atomic mass is 9.87. The lowest BCUT2D eigenvalue weighted by Crippen LogP contribution is -2.42. The lowest BCUT2D eigenvalue weighted by molar-refractivity contribution is -0.128. The van der Waals surface area contributed by atoms with Crippen molar-refractivity contribution < 1.29 is 23.7 Å². The van der Waals surface area contributed by atoms with Crippen molar-refractivity contribution in [2.45, 2.75) is 31.9 Å². The van der Waals surface area contributed by atoms with Crippen LogP contribution in [0.5, 0.6) is 17.2 Å². The van der Waals surface area contributed by atoms with Crippen LogP contribution in [0.4, 0.5) is 0 Å². The van der Waals surface area contributed by atoms with E-state index >= 15 is 0 Å². The number of hydrogen-bond acceptors (Lipinski definition) is 6. The van der Waals surface area contributed by atoms with E-state index in [1.807, 2.05) is 18.3 Å². The second-order valence-electron chi connectivity index (χ2n) is 7.00. The van der Waals surface area contributed by atoms with Gasteiger partial charge in [0.15, 0.2) is 17.6 Å². The van der Waals surface area contributed by atoms with Gasteiger partial charge in [-0.1, -0.05) is 6.07 Å². The third kappa shape index (κ3) is 4.20. The molecule has 1 aromatic heterocycles. The first kappa shape index (κ1) is 18.6. The minimum atomic E-state index is -0.653. The Labute approximate surface area is 164 Å². The van der Waals surface area contributed by atoms with Crippen molar-refractivity contribution in [3.63, 3.8) is 0 Å². The standard InChI is InChI=1S/C21H24N2O5/c1-14(28-17-4-5-18-19(11-17)27-13-26-18)21(24)23-20(15-6-9-25-10-7-15)16-3-2-8-22-12-16/h2-5,8,11-12,14-15,20H,6-7,9-10,13H2,1H3,(H,23,24)/t14-,20+/m0/s1. The van der Waals surface area contributed by atoms with Gasteiger partial charge in [-0.3, -0.25) is 9.78 Å². The number of carbonyl (C=O) groups excluding carboxylic acids is 1. The van der Waals surface area contributed by atoms with E-state index in [-0.39, 0.29) is 18.7 Å². The van der Waals surface area contributed by atoms with Crippen LogP contribution in [0.1, 0.15) is 31.4 Å². The zero-order valence-corrected chi connectivity index (χ0v) is 15.8. The quantitative estimate of drug-likeness (QED) is 0.825. The molecule has 7 nitrogen and oxygen atoms in total. The van der Waals surface area contributed by atoms with Crippen LogP contribution in [0, 0.1) is 5.92 Å². The Kier molecular flexibility index (Phi) is 5.62. The highest BCUT2D eigenvalue weighted by molar-refractivity contribution is 5.81. The normalized spacial score (nSPS) is 18.3. The van der Waals surface area contributed by atoms with E-state index in [9.17, 15) is 4.79 Å². The van der Waals surface area contributed by atoms with Crippen LogP contribution < -0.4 is 19.5 Å². The summed E-state index contributed by atoms with van der Waals surface area (Å²) in [6, 6.07) is 9.06. The Balaban J connectivity index is 1.44. The molecule has 0 aliphatic carbocycles. The molecule has 1 fully saturated rings. The molecular formula is C21H24N2O5. The summed E-state index contributed by atoms with van der Waals surface area (Å²) in [6.45, 7) is 3.36. The van der Waals surface area contributed by atoms with Crippen LogP contribution in [0.2, 0.25) is 0 Å². The average molecular weight is 384 g/mol. The molecule has 0 unspecified atom stereocenters. The number of ether oxygens (including phenoxy) is 4. The molecule has 2 aromatic rings. The van der Waals surface area contributed by atoms with Gasteiger partial charge >= 0.3 is 0 Å². The van der Waals surface area contributed by atoms with Crippen molar-refractivity contribution in [3.05, 3.63) is 48.3 Å². The van der Waals surface area contributed by atoms with Gasteiger partial charge in [-0.15, -0.1) is 0 Å². The van der Waals surface area contributed by atoms with Gasteiger partial charge in [-0.25, -0.2) is 0 Å². The summed E-state index contributed by atoms with van der Waals surface area (Å²) in [4.78, 5) is 17.1. The number of fused-ring (bicyclic) bond motifs is 1. The van der Waals surface area contributed by atoms with Crippen molar-refractivity contribution in [3.8, 4) is 17.2 Å². The topological polar surface area (TPSA) is 78.9 Å². The summed E-state index contributed by atoms with van der Waals surface area (Å²) in [6.07, 6.45) is 4.69. The summed E-state index contributed by atoms with van der Waals surface area (Å²) >= 11 is 0. The zero-order chi connectivity index (χ0) is 19.3. The average Bonchev–Trinajstić information content (AvgIpc) is 3.21. The molecule has 2 aliphatic heterocycles. The van der Waals surface area contributed by atoms with E-state index in [1.165, 1.54) is 0 Å². The van der Waals surface area contributed by atoms with Crippen molar-refractivity contribution in [2.75, 3.05) is 20.0 Å². The highest BCUT2D eigenvalue weighted by atomic mass is 16.7. The Hall–Kier alpha value is -2.80. The van der Waals surface area contributed by atoms with E-state index in [2.05, 4.69) is 10.3 Å². The Morgan fingerprint density at radius 3 is 2.82 bits per heavy atom. The van der Waals surface area contributed by atoms with Gasteiger partial charge < -0.3 is 24.3 Å². The molecular weight excluding hydrogens is 360 g/mol. The maximum Gasteiger partial charge on any atom is 0.261 e. The maximum atomic E-state index is 12.9. The Morgan fingerprint density at radius 1 is 1.21 bits per heavy atom. The van der Waals surface area contributed by atoms with Gasteiger partial charge in [0.2, 0.25) is 6.79 Å². The van der Waals surface area contributed by atoms with E-state index in [0.29, 0.717) is 36.4 Å². The zero-order valence-electron chi connectivity index (χ0n) is 15.8. The number of benzene rings is 1. The van der Waals surface area contributed by atoms with E-state index in [1.54, 1.807) is 31.3 Å². The van der Waals surface area contributed by atoms with E-state index < -0.39 is 6.10 Å². The van der Waals surface area contributed by atoms with Crippen molar-refractivity contribution in [1.82, 2.24) is 10.3 Å². The Bertz CT molecular complexity index is 808. The van der Waals surface area contributed by atoms with Crippen LogP contribution in [0.25, 0.3) is 0 Å². The SMILES string of the molecule is C[C@H](Oc1ccc2c(c1)OCO2)C(=O)N[C@@H](c1cccnc1)C1CCOCC1. The first-order valence-corrected chi connectivity index (χ1v) is 9.55. The number of aromatic nitrogens is 1. The molecule has 0 radical (unpaired) electrons. The predicted octanol–water partition coefficient (Wildman–Crippen LogP) is 2.86. The molecule has 2 aliphatic rings. The summed E-state index contributed by atoms with van der Waals surface area (Å²) in [5.74, 6) is 2.01. The van der Waals surface area contributed by atoms with Crippen molar-refractivity contribution >= 4 is 5.91 Å². The molecule has 3 heterocycles. The number of rotatable bonds is 6. The second-order valence-corrected chi connectivity index (χ2v) is 7.00. The number of pyridine rings is 1. The summed E-state index contributed by atoms with van der Waals surface area (Å²) < 4.78 is 22.0. The fourth-order valence-corrected chi connectivity index (χ4v) is 3.56. The van der Waals surface area contributed by atoms with Gasteiger partial charge in [0, 0.05) is 31.7 Å². The lowest BCUT2D eigenvalue weighted by Gasteiger charge is -2.32. The van der Waals surface area contributed by atoms with E-state index in [4.69, 9.17) is 18.9 Å². The highest BCUT2D eigenvalue weighted by Gasteiger charge is 2.29. The number of nitrogens with one attached hydrogen (secondary N) is 1. The monoisotopic (exact) mass is 384 g/mol. The molecule has 0 spiro atoms. The fraction of sp³-hybridized carbons (Fsp3) is 0.429. The van der Waals surface area contributed by atoms with Crippen molar-refractivity contribution in [1.29, 1.82) is 0 Å². The van der Waals surface area contributed by atoms with Gasteiger partial charge in [0.1, 0.15) is 5.75 Å². The van der Waals surface area contributed by atoms with Gasteiger partial charge in [0.05, 0.1) is 6.04 Å². The molecule has 1 aromatic carbocycles. The molecule has 0 bridgehead atoms. The smallest absolute Gasteiger partial charge is 0.261 e. The highest BCUT2D eigenvalue weighted by Crippen LogP contribution is 2.35. The summed E-state index contributed by atoms with van der Waals surface area (Å²) in [5.41, 5.74) is 0.998. The van der Waals surface area contributed by atoms with Crippen LogP contribution in [0.15, 0.2) is 42.7 Å². The van der Waals surface area contributed by atoms with Crippen LogP contribution >= 0.6 is 0 Å². The third-order valence-corrected chi connectivity index (χ3v) is 5.10. The summed E-state index contributed by atoms with van der Waals surface area (Å²) in [5, 5.41) is 3.16. The molecule has 7 heteroatoms. The molecule has 1 saturated heterocycles. The maximum absolute atomic E-state index is 12.9. The molecule has 4 rings (SSSR count). The number of amides is 1. The predicted molar refractivity (Wildman–Crippen MR) is 101 cm³/mol. The molecule has 28 heavy (non-hydrogen) atoms. The molecule has 1 N–H and O–H groups in total. The first-order chi connectivity index (χ1) is 13.7. The largest absolute Gasteiger partial charge is 0.481 e. The Morgan fingerprint density at radius 2 is 2.04 bits per heavy atom. The molecule has 0 saturated carbocycles. The number of hydrogen-bond donors (Lipinski definition) is 1. The molecule has 148 valence electrons.